The summed E-state index contributed by atoms with van der Waals surface area (Å²) < 4.78 is 39.7. The van der Waals surface area contributed by atoms with Gasteiger partial charge in [0, 0.05) is 38.3 Å². The molecule has 24 heavy (non-hydrogen) atoms. The monoisotopic (exact) mass is 345 g/mol. The van der Waals surface area contributed by atoms with E-state index in [-0.39, 0.29) is 29.7 Å². The molecule has 0 bridgehead atoms. The molecule has 1 saturated heterocycles. The number of hydrogen-bond donors (Lipinski definition) is 3. The molecule has 1 atom stereocenters. The van der Waals surface area contributed by atoms with Gasteiger partial charge in [-0.25, -0.2) is 4.79 Å². The molecule has 132 valence electrons. The van der Waals surface area contributed by atoms with Crippen LogP contribution in [0.2, 0.25) is 0 Å². The van der Waals surface area contributed by atoms with Crippen molar-refractivity contribution in [1.29, 1.82) is 0 Å². The maximum absolute atomic E-state index is 13.2. The minimum atomic E-state index is -4.68. The average molecular weight is 345 g/mol. The van der Waals surface area contributed by atoms with Crippen molar-refractivity contribution >= 4 is 17.6 Å². The zero-order chi connectivity index (χ0) is 18.1. The van der Waals surface area contributed by atoms with Gasteiger partial charge >= 0.3 is 12.1 Å². The molecule has 0 unspecified atom stereocenters. The molecule has 6 nitrogen and oxygen atoms in total. The number of nitrogens with two attached hydrogens (primary N) is 1. The Bertz CT molecular complexity index is 661. The molecule has 2 rings (SSSR count). The quantitative estimate of drug-likeness (QED) is 0.722. The lowest BCUT2D eigenvalue weighted by Gasteiger charge is -2.21. The van der Waals surface area contributed by atoms with Gasteiger partial charge in [-0.1, -0.05) is 0 Å². The van der Waals surface area contributed by atoms with Crippen molar-refractivity contribution in [3.63, 3.8) is 0 Å². The summed E-state index contributed by atoms with van der Waals surface area (Å²) in [7, 11) is 0. The summed E-state index contributed by atoms with van der Waals surface area (Å²) in [5.74, 6) is -1.69. The third kappa shape index (κ3) is 4.16. The molecule has 4 N–H and O–H groups in total. The number of nitrogens with one attached hydrogen (secondary N) is 1. The SMILES string of the molecule is CC(=O)N[C@H]1CCN(Cc2cc(N)c(C(=O)O)cc2C(F)(F)F)C1. The van der Waals surface area contributed by atoms with Crippen LogP contribution in [0, 0.1) is 0 Å². The molecular formula is C15H18F3N3O3. The second kappa shape index (κ2) is 6.68. The first-order chi connectivity index (χ1) is 11.1. The second-order valence-electron chi connectivity index (χ2n) is 5.82. The van der Waals surface area contributed by atoms with Gasteiger partial charge in [0.2, 0.25) is 5.91 Å². The topological polar surface area (TPSA) is 95.7 Å². The van der Waals surface area contributed by atoms with Gasteiger partial charge in [-0.2, -0.15) is 13.2 Å². The fourth-order valence-corrected chi connectivity index (χ4v) is 2.87. The molecule has 0 saturated carbocycles. The van der Waals surface area contributed by atoms with Crippen LogP contribution in [-0.2, 0) is 17.5 Å². The number of carboxylic acid groups (broad SMARTS) is 1. The number of alkyl halides is 3. The third-order valence-electron chi connectivity index (χ3n) is 3.88. The van der Waals surface area contributed by atoms with Crippen LogP contribution in [0.5, 0.6) is 0 Å². The number of carboxylic acids is 1. The lowest BCUT2D eigenvalue weighted by molar-refractivity contribution is -0.138. The van der Waals surface area contributed by atoms with E-state index in [4.69, 9.17) is 10.8 Å². The number of carbonyl (C=O) groups is 2. The van der Waals surface area contributed by atoms with E-state index in [1.165, 1.54) is 6.92 Å². The van der Waals surface area contributed by atoms with E-state index in [9.17, 15) is 22.8 Å². The first kappa shape index (κ1) is 18.1. The predicted molar refractivity (Wildman–Crippen MR) is 80.3 cm³/mol. The number of rotatable bonds is 4. The maximum Gasteiger partial charge on any atom is 0.416 e. The minimum absolute atomic E-state index is 0.0188. The maximum atomic E-state index is 13.2. The Hall–Kier alpha value is -2.29. The summed E-state index contributed by atoms with van der Waals surface area (Å²) in [5, 5.41) is 11.7. The average Bonchev–Trinajstić information content (AvgIpc) is 2.83. The van der Waals surface area contributed by atoms with Gasteiger partial charge in [-0.15, -0.1) is 0 Å². The zero-order valence-electron chi connectivity index (χ0n) is 13.0. The van der Waals surface area contributed by atoms with E-state index >= 15 is 0 Å². The number of aromatic carboxylic acids is 1. The Morgan fingerprint density at radius 2 is 2.08 bits per heavy atom. The van der Waals surface area contributed by atoms with Gasteiger partial charge in [0.05, 0.1) is 11.1 Å². The highest BCUT2D eigenvalue weighted by molar-refractivity contribution is 5.94. The Morgan fingerprint density at radius 1 is 1.42 bits per heavy atom. The van der Waals surface area contributed by atoms with E-state index in [2.05, 4.69) is 5.32 Å². The fraction of sp³-hybridized carbons (Fsp3) is 0.467. The van der Waals surface area contributed by atoms with Crippen LogP contribution < -0.4 is 11.1 Å². The van der Waals surface area contributed by atoms with Crippen molar-refractivity contribution < 1.29 is 27.9 Å². The van der Waals surface area contributed by atoms with Gasteiger partial charge in [-0.05, 0) is 24.1 Å². The van der Waals surface area contributed by atoms with Crippen LogP contribution in [0.1, 0.15) is 34.8 Å². The fourth-order valence-electron chi connectivity index (χ4n) is 2.87. The standard InChI is InChI=1S/C15H18F3N3O3/c1-8(22)20-10-2-3-21(7-10)6-9-4-13(19)11(14(23)24)5-12(9)15(16,17)18/h4-5,10H,2-3,6-7,19H2,1H3,(H,20,22)(H,23,24)/t10-/m0/s1. The number of nitrogens with zero attached hydrogens (tertiary/aromatic N) is 1. The van der Waals surface area contributed by atoms with Crippen molar-refractivity contribution in [3.05, 3.63) is 28.8 Å². The number of amides is 1. The highest BCUT2D eigenvalue weighted by Crippen LogP contribution is 2.35. The summed E-state index contributed by atoms with van der Waals surface area (Å²) in [4.78, 5) is 23.8. The number of anilines is 1. The normalized spacial score (nSPS) is 18.6. The van der Waals surface area contributed by atoms with Crippen LogP contribution in [0.25, 0.3) is 0 Å². The zero-order valence-corrected chi connectivity index (χ0v) is 13.0. The van der Waals surface area contributed by atoms with E-state index < -0.39 is 23.3 Å². The lowest BCUT2D eigenvalue weighted by Crippen LogP contribution is -2.35. The minimum Gasteiger partial charge on any atom is -0.478 e. The number of halogens is 3. The largest absolute Gasteiger partial charge is 0.478 e. The molecule has 1 heterocycles. The van der Waals surface area contributed by atoms with Crippen molar-refractivity contribution in [2.24, 2.45) is 0 Å². The van der Waals surface area contributed by atoms with Gasteiger partial charge < -0.3 is 16.2 Å². The van der Waals surface area contributed by atoms with E-state index in [0.29, 0.717) is 25.6 Å². The van der Waals surface area contributed by atoms with Crippen LogP contribution in [0.4, 0.5) is 18.9 Å². The highest BCUT2D eigenvalue weighted by Gasteiger charge is 2.36. The first-order valence-electron chi connectivity index (χ1n) is 7.30. The number of benzene rings is 1. The molecule has 0 aliphatic carbocycles. The van der Waals surface area contributed by atoms with Crippen LogP contribution in [-0.4, -0.2) is 41.0 Å². The molecule has 0 spiro atoms. The van der Waals surface area contributed by atoms with E-state index in [1.807, 2.05) is 0 Å². The molecule has 1 amide bonds. The summed E-state index contributed by atoms with van der Waals surface area (Å²) in [6, 6.07) is 1.54. The smallest absolute Gasteiger partial charge is 0.416 e. The van der Waals surface area contributed by atoms with Crippen molar-refractivity contribution in [2.75, 3.05) is 18.8 Å². The predicted octanol–water partition coefficient (Wildman–Crippen LogP) is 1.70. The molecule has 1 fully saturated rings. The van der Waals surface area contributed by atoms with Crippen LogP contribution in [0.3, 0.4) is 0 Å². The Balaban J connectivity index is 2.25. The molecule has 1 aromatic rings. The summed E-state index contributed by atoms with van der Waals surface area (Å²) in [6.07, 6.45) is -4.03. The van der Waals surface area contributed by atoms with Crippen LogP contribution in [0.15, 0.2) is 12.1 Å². The Labute approximate surface area is 136 Å². The molecule has 0 radical (unpaired) electrons. The van der Waals surface area contributed by atoms with Crippen molar-refractivity contribution in [3.8, 4) is 0 Å². The molecule has 1 aromatic carbocycles. The van der Waals surface area contributed by atoms with Gasteiger partial charge in [-0.3, -0.25) is 9.69 Å². The highest BCUT2D eigenvalue weighted by atomic mass is 19.4. The van der Waals surface area contributed by atoms with Crippen LogP contribution >= 0.6 is 0 Å². The number of hydrogen-bond acceptors (Lipinski definition) is 4. The summed E-state index contributed by atoms with van der Waals surface area (Å²) in [5.41, 5.74) is 3.73. The molecular weight excluding hydrogens is 327 g/mol. The Kier molecular flexibility index (Phi) is 5.02. The number of likely N-dealkylation sites (tertiary alicyclic amines) is 1. The van der Waals surface area contributed by atoms with Crippen molar-refractivity contribution in [2.45, 2.75) is 32.1 Å². The molecule has 1 aliphatic rings. The number of nitrogen functional groups attached to an aromatic ring is 1. The van der Waals surface area contributed by atoms with Gasteiger partial charge in [0.25, 0.3) is 0 Å². The summed E-state index contributed by atoms with van der Waals surface area (Å²) >= 11 is 0. The van der Waals surface area contributed by atoms with E-state index in [0.717, 1.165) is 6.07 Å². The first-order valence-corrected chi connectivity index (χ1v) is 7.30. The van der Waals surface area contributed by atoms with Gasteiger partial charge in [0.15, 0.2) is 0 Å². The Morgan fingerprint density at radius 3 is 2.62 bits per heavy atom. The lowest BCUT2D eigenvalue weighted by atomic mass is 10.0. The summed E-state index contributed by atoms with van der Waals surface area (Å²) in [6.45, 7) is 2.32. The van der Waals surface area contributed by atoms with Crippen molar-refractivity contribution in [1.82, 2.24) is 10.2 Å². The second-order valence-corrected chi connectivity index (χ2v) is 5.82. The molecule has 1 aliphatic heterocycles. The van der Waals surface area contributed by atoms with E-state index in [1.54, 1.807) is 4.90 Å². The third-order valence-corrected chi connectivity index (χ3v) is 3.88. The number of carbonyl (C=O) groups excluding carboxylic acids is 1. The molecule has 0 aromatic heterocycles. The molecule has 9 heteroatoms. The van der Waals surface area contributed by atoms with Gasteiger partial charge in [0.1, 0.15) is 0 Å².